The van der Waals surface area contributed by atoms with Crippen LogP contribution in [0.25, 0.3) is 16.7 Å². The van der Waals surface area contributed by atoms with E-state index >= 15 is 0 Å². The quantitative estimate of drug-likeness (QED) is 0.476. The topological polar surface area (TPSA) is 136 Å². The first-order chi connectivity index (χ1) is 15.7. The Bertz CT molecular complexity index is 1370. The van der Waals surface area contributed by atoms with Crippen molar-refractivity contribution in [2.45, 2.75) is 18.4 Å². The molecule has 1 aromatic carbocycles. The highest BCUT2D eigenvalue weighted by Crippen LogP contribution is 2.33. The molecule has 12 heteroatoms. The molecule has 1 atom stereocenters. The molecule has 1 amide bonds. The number of fused-ring (bicyclic) bond motifs is 1. The first kappa shape index (κ1) is 20.8. The number of aliphatic hydroxyl groups is 1. The van der Waals surface area contributed by atoms with Crippen molar-refractivity contribution in [2.24, 2.45) is 0 Å². The Balaban J connectivity index is 1.67. The van der Waals surface area contributed by atoms with Crippen LogP contribution in [0, 0.1) is 0 Å². The summed E-state index contributed by atoms with van der Waals surface area (Å²) in [5.41, 5.74) is 4.99. The summed E-state index contributed by atoms with van der Waals surface area (Å²) < 4.78 is 28.1. The van der Waals surface area contributed by atoms with Gasteiger partial charge in [-0.2, -0.15) is 10.1 Å². The lowest BCUT2D eigenvalue weighted by Crippen LogP contribution is -2.58. The standard InChI is InChI=1S/C21H18F2N8O2/c1-20(33,18-25-6-2-7-26-18)12-3-4-13-14(9-12)31(15-5-8-27-19(24)28-15)29-16(13)17(32)30-10-21(22,23)11-30/h2-9,33H,10-11H2,1H3,(H2,24,27,28). The summed E-state index contributed by atoms with van der Waals surface area (Å²) in [5.74, 6) is -3.09. The number of carbonyl (C=O) groups is 1. The molecule has 4 aromatic rings. The van der Waals surface area contributed by atoms with Crippen molar-refractivity contribution in [3.05, 3.63) is 66.0 Å². The number of anilines is 1. The van der Waals surface area contributed by atoms with Crippen LogP contribution in [0.1, 0.15) is 28.8 Å². The van der Waals surface area contributed by atoms with E-state index in [1.54, 1.807) is 37.3 Å². The van der Waals surface area contributed by atoms with Crippen molar-refractivity contribution >= 4 is 22.8 Å². The van der Waals surface area contributed by atoms with Gasteiger partial charge in [-0.15, -0.1) is 0 Å². The second kappa shape index (κ2) is 7.24. The second-order valence-electron chi connectivity index (χ2n) is 7.93. The van der Waals surface area contributed by atoms with Gasteiger partial charge in [-0.05, 0) is 30.7 Å². The predicted molar refractivity (Wildman–Crippen MR) is 113 cm³/mol. The molecule has 3 N–H and O–H groups in total. The number of nitrogen functional groups attached to an aromatic ring is 1. The summed E-state index contributed by atoms with van der Waals surface area (Å²) >= 11 is 0. The van der Waals surface area contributed by atoms with Gasteiger partial charge in [0, 0.05) is 30.0 Å². The number of rotatable bonds is 4. The number of halogens is 2. The third-order valence-electron chi connectivity index (χ3n) is 5.46. The Morgan fingerprint density at radius 1 is 1.15 bits per heavy atom. The Labute approximate surface area is 185 Å². The molecule has 5 rings (SSSR count). The zero-order valence-electron chi connectivity index (χ0n) is 17.4. The van der Waals surface area contributed by atoms with Crippen LogP contribution in [0.3, 0.4) is 0 Å². The fraction of sp³-hybridized carbons (Fsp3) is 0.238. The van der Waals surface area contributed by atoms with E-state index in [0.29, 0.717) is 16.5 Å². The van der Waals surface area contributed by atoms with Crippen LogP contribution in [0.15, 0.2) is 48.9 Å². The fourth-order valence-corrected chi connectivity index (χ4v) is 3.72. The third-order valence-corrected chi connectivity index (χ3v) is 5.46. The third kappa shape index (κ3) is 3.53. The molecule has 0 radical (unpaired) electrons. The number of benzene rings is 1. The Morgan fingerprint density at radius 2 is 1.88 bits per heavy atom. The van der Waals surface area contributed by atoms with Gasteiger partial charge in [-0.3, -0.25) is 4.79 Å². The Morgan fingerprint density at radius 3 is 2.55 bits per heavy atom. The molecule has 0 aliphatic carbocycles. The highest BCUT2D eigenvalue weighted by molar-refractivity contribution is 6.05. The minimum atomic E-state index is -2.91. The van der Waals surface area contributed by atoms with E-state index in [9.17, 15) is 18.7 Å². The van der Waals surface area contributed by atoms with Gasteiger partial charge < -0.3 is 15.7 Å². The lowest BCUT2D eigenvalue weighted by atomic mass is 9.93. The highest BCUT2D eigenvalue weighted by Gasteiger charge is 2.47. The number of alkyl halides is 2. The largest absolute Gasteiger partial charge is 0.377 e. The van der Waals surface area contributed by atoms with Gasteiger partial charge in [-0.1, -0.05) is 6.07 Å². The Hall–Kier alpha value is -4.06. The average Bonchev–Trinajstić information content (AvgIpc) is 3.16. The first-order valence-corrected chi connectivity index (χ1v) is 9.95. The van der Waals surface area contributed by atoms with E-state index in [4.69, 9.17) is 5.73 Å². The summed E-state index contributed by atoms with van der Waals surface area (Å²) in [6.45, 7) is 0.207. The van der Waals surface area contributed by atoms with Gasteiger partial charge >= 0.3 is 0 Å². The molecular formula is C21H18F2N8O2. The van der Waals surface area contributed by atoms with Crippen LogP contribution in [-0.2, 0) is 5.60 Å². The molecule has 0 bridgehead atoms. The number of nitrogens with two attached hydrogens (primary N) is 1. The molecule has 0 saturated carbocycles. The number of aromatic nitrogens is 6. The van der Waals surface area contributed by atoms with Crippen LogP contribution in [0.5, 0.6) is 0 Å². The normalized spacial score (nSPS) is 16.9. The van der Waals surface area contributed by atoms with E-state index in [-0.39, 0.29) is 23.3 Å². The lowest BCUT2D eigenvalue weighted by molar-refractivity contribution is -0.113. The SMILES string of the molecule is CC(O)(c1ccc2c(C(=O)N3CC(F)(F)C3)nn(-c3ccnc(N)n3)c2c1)c1ncccn1. The van der Waals surface area contributed by atoms with Gasteiger partial charge in [-0.25, -0.2) is 28.4 Å². The molecule has 1 saturated heterocycles. The van der Waals surface area contributed by atoms with Crippen molar-refractivity contribution in [1.82, 2.24) is 34.6 Å². The monoisotopic (exact) mass is 452 g/mol. The molecular weight excluding hydrogens is 434 g/mol. The van der Waals surface area contributed by atoms with Gasteiger partial charge in [0.25, 0.3) is 11.8 Å². The van der Waals surface area contributed by atoms with Crippen molar-refractivity contribution in [3.63, 3.8) is 0 Å². The molecule has 4 heterocycles. The molecule has 33 heavy (non-hydrogen) atoms. The van der Waals surface area contributed by atoms with E-state index in [1.165, 1.54) is 23.3 Å². The fourth-order valence-electron chi connectivity index (χ4n) is 3.72. The molecule has 168 valence electrons. The summed E-state index contributed by atoms with van der Waals surface area (Å²) in [5, 5.41) is 15.9. The van der Waals surface area contributed by atoms with Gasteiger partial charge in [0.15, 0.2) is 17.3 Å². The zero-order chi connectivity index (χ0) is 23.4. The van der Waals surface area contributed by atoms with E-state index in [0.717, 1.165) is 4.90 Å². The van der Waals surface area contributed by atoms with Crippen molar-refractivity contribution in [3.8, 4) is 5.82 Å². The van der Waals surface area contributed by atoms with Gasteiger partial charge in [0.05, 0.1) is 18.6 Å². The molecule has 1 fully saturated rings. The number of likely N-dealkylation sites (tertiary alicyclic amines) is 1. The predicted octanol–water partition coefficient (Wildman–Crippen LogP) is 1.53. The number of nitrogens with zero attached hydrogens (tertiary/aromatic N) is 7. The van der Waals surface area contributed by atoms with E-state index in [1.807, 2.05) is 0 Å². The number of amides is 1. The zero-order valence-corrected chi connectivity index (χ0v) is 17.4. The second-order valence-corrected chi connectivity index (χ2v) is 7.93. The van der Waals surface area contributed by atoms with E-state index in [2.05, 4.69) is 25.0 Å². The minimum Gasteiger partial charge on any atom is -0.377 e. The average molecular weight is 452 g/mol. The molecule has 1 aliphatic rings. The number of hydrogen-bond donors (Lipinski definition) is 2. The Kier molecular flexibility index (Phi) is 4.57. The number of hydrogen-bond acceptors (Lipinski definition) is 8. The van der Waals surface area contributed by atoms with Crippen LogP contribution < -0.4 is 5.73 Å². The molecule has 1 aliphatic heterocycles. The summed E-state index contributed by atoms with van der Waals surface area (Å²) in [4.78, 5) is 30.2. The van der Waals surface area contributed by atoms with Gasteiger partial charge in [0.2, 0.25) is 5.95 Å². The minimum absolute atomic E-state index is 0.00718. The first-order valence-electron chi connectivity index (χ1n) is 9.95. The van der Waals surface area contributed by atoms with Crippen LogP contribution in [-0.4, -0.2) is 64.6 Å². The van der Waals surface area contributed by atoms with Crippen molar-refractivity contribution in [2.75, 3.05) is 18.8 Å². The maximum Gasteiger partial charge on any atom is 0.282 e. The summed E-state index contributed by atoms with van der Waals surface area (Å²) in [6, 6.07) is 8.01. The lowest BCUT2D eigenvalue weighted by Gasteiger charge is -2.38. The summed E-state index contributed by atoms with van der Waals surface area (Å²) in [6.07, 6.45) is 4.46. The smallest absolute Gasteiger partial charge is 0.282 e. The maximum absolute atomic E-state index is 13.3. The van der Waals surface area contributed by atoms with Crippen LogP contribution in [0.2, 0.25) is 0 Å². The molecule has 3 aromatic heterocycles. The number of carbonyl (C=O) groups excluding carboxylic acids is 1. The van der Waals surface area contributed by atoms with Gasteiger partial charge in [0.1, 0.15) is 5.60 Å². The van der Waals surface area contributed by atoms with Crippen LogP contribution >= 0.6 is 0 Å². The van der Waals surface area contributed by atoms with Crippen LogP contribution in [0.4, 0.5) is 14.7 Å². The molecule has 0 spiro atoms. The van der Waals surface area contributed by atoms with E-state index < -0.39 is 30.5 Å². The van der Waals surface area contributed by atoms with Crippen molar-refractivity contribution in [1.29, 1.82) is 0 Å². The van der Waals surface area contributed by atoms with Crippen molar-refractivity contribution < 1.29 is 18.7 Å². The highest BCUT2D eigenvalue weighted by atomic mass is 19.3. The maximum atomic E-state index is 13.3. The molecule has 1 unspecified atom stereocenters. The molecule has 10 nitrogen and oxygen atoms in total. The summed E-state index contributed by atoms with van der Waals surface area (Å²) in [7, 11) is 0.